The van der Waals surface area contributed by atoms with Crippen LogP contribution in [0.15, 0.2) is 36.4 Å². The Bertz CT molecular complexity index is 787. The summed E-state index contributed by atoms with van der Waals surface area (Å²) in [6.07, 6.45) is 0.975. The number of phenols is 1. The van der Waals surface area contributed by atoms with Gasteiger partial charge in [-0.15, -0.1) is 0 Å². The van der Waals surface area contributed by atoms with Crippen molar-refractivity contribution in [3.8, 4) is 11.5 Å². The number of hydrogen-bond donors (Lipinski definition) is 1. The van der Waals surface area contributed by atoms with Crippen LogP contribution in [0, 0.1) is 6.92 Å². The Balaban J connectivity index is 2.04. The highest BCUT2D eigenvalue weighted by molar-refractivity contribution is 5.97. The Hall–Kier alpha value is -2.53. The zero-order chi connectivity index (χ0) is 18.1. The number of benzene rings is 2. The van der Waals surface area contributed by atoms with E-state index in [9.17, 15) is 9.90 Å². The minimum absolute atomic E-state index is 0.0284. The Morgan fingerprint density at radius 3 is 2.60 bits per heavy atom. The Morgan fingerprint density at radius 2 is 1.96 bits per heavy atom. The minimum atomic E-state index is -0.538. The summed E-state index contributed by atoms with van der Waals surface area (Å²) in [4.78, 5) is 16.9. The largest absolute Gasteiger partial charge is 0.507 e. The molecule has 5 nitrogen and oxygen atoms in total. The first-order valence-electron chi connectivity index (χ1n) is 8.41. The summed E-state index contributed by atoms with van der Waals surface area (Å²) in [6.45, 7) is 2.77. The molecule has 25 heavy (non-hydrogen) atoms. The quantitative estimate of drug-likeness (QED) is 0.686. The second-order valence-electron chi connectivity index (χ2n) is 6.73. The molecule has 0 bridgehead atoms. The van der Waals surface area contributed by atoms with Gasteiger partial charge in [0.05, 0.1) is 0 Å². The summed E-state index contributed by atoms with van der Waals surface area (Å²) in [7, 11) is 6.08. The van der Waals surface area contributed by atoms with E-state index in [4.69, 9.17) is 4.74 Å². The number of aromatic hydroxyl groups is 1. The number of carbonyl (C=O) groups excluding carboxylic acids is 1. The second kappa shape index (κ2) is 6.76. The molecule has 1 aliphatic heterocycles. The summed E-state index contributed by atoms with van der Waals surface area (Å²) in [5.41, 5.74) is 3.03. The van der Waals surface area contributed by atoms with Crippen molar-refractivity contribution in [2.45, 2.75) is 19.4 Å². The smallest absolute Gasteiger partial charge is 0.347 e. The molecule has 0 radical (unpaired) electrons. The summed E-state index contributed by atoms with van der Waals surface area (Å²) in [5, 5.41) is 10.5. The van der Waals surface area contributed by atoms with Crippen molar-refractivity contribution < 1.29 is 14.6 Å². The lowest BCUT2D eigenvalue weighted by Gasteiger charge is -2.38. The minimum Gasteiger partial charge on any atom is -0.507 e. The van der Waals surface area contributed by atoms with Gasteiger partial charge in [0.15, 0.2) is 0 Å². The summed E-state index contributed by atoms with van der Waals surface area (Å²) in [6, 6.07) is 10.8. The molecule has 5 heteroatoms. The standard InChI is InChI=1S/C20H24N2O3/c1-13-18(20(24)25-14-8-6-5-7-9-14)17(23)12-15-16(21(2)3)10-11-22(4)19(13)15/h5-9,12,16,23H,10-11H2,1-4H3. The number of nitrogens with zero attached hydrogens (tertiary/aromatic N) is 2. The number of para-hydroxylation sites is 1. The Labute approximate surface area is 148 Å². The number of rotatable bonds is 3. The molecule has 1 atom stereocenters. The molecule has 0 saturated heterocycles. The van der Waals surface area contributed by atoms with Crippen LogP contribution in [0.4, 0.5) is 5.69 Å². The first kappa shape index (κ1) is 17.3. The van der Waals surface area contributed by atoms with E-state index in [0.29, 0.717) is 5.75 Å². The molecule has 0 saturated carbocycles. The zero-order valence-electron chi connectivity index (χ0n) is 15.1. The van der Waals surface area contributed by atoms with Crippen molar-refractivity contribution >= 4 is 11.7 Å². The predicted molar refractivity (Wildman–Crippen MR) is 98.6 cm³/mol. The summed E-state index contributed by atoms with van der Waals surface area (Å²) in [5.74, 6) is -0.104. The van der Waals surface area contributed by atoms with Gasteiger partial charge in [-0.1, -0.05) is 18.2 Å². The fraction of sp³-hybridized carbons (Fsp3) is 0.350. The van der Waals surface area contributed by atoms with E-state index in [1.165, 1.54) is 0 Å². The van der Waals surface area contributed by atoms with Crippen molar-refractivity contribution in [2.24, 2.45) is 0 Å². The van der Waals surface area contributed by atoms with Gasteiger partial charge in [0.2, 0.25) is 0 Å². The van der Waals surface area contributed by atoms with E-state index < -0.39 is 5.97 Å². The summed E-state index contributed by atoms with van der Waals surface area (Å²) >= 11 is 0. The monoisotopic (exact) mass is 340 g/mol. The molecule has 0 fully saturated rings. The molecular formula is C20H24N2O3. The lowest BCUT2D eigenvalue weighted by Crippen LogP contribution is -2.34. The number of anilines is 1. The van der Waals surface area contributed by atoms with Gasteiger partial charge in [0, 0.05) is 25.3 Å². The van der Waals surface area contributed by atoms with Crippen molar-refractivity contribution in [3.63, 3.8) is 0 Å². The lowest BCUT2D eigenvalue weighted by atomic mass is 9.90. The molecule has 0 aromatic heterocycles. The average molecular weight is 340 g/mol. The highest BCUT2D eigenvalue weighted by atomic mass is 16.5. The number of hydrogen-bond acceptors (Lipinski definition) is 5. The molecular weight excluding hydrogens is 316 g/mol. The van der Waals surface area contributed by atoms with Crippen LogP contribution in [0.3, 0.4) is 0 Å². The first-order chi connectivity index (χ1) is 11.9. The fourth-order valence-electron chi connectivity index (χ4n) is 3.60. The Kier molecular flexibility index (Phi) is 4.68. The van der Waals surface area contributed by atoms with Crippen molar-refractivity contribution in [1.82, 2.24) is 4.90 Å². The van der Waals surface area contributed by atoms with E-state index in [-0.39, 0.29) is 17.4 Å². The van der Waals surface area contributed by atoms with Crippen LogP contribution in [-0.2, 0) is 0 Å². The predicted octanol–water partition coefficient (Wildman–Crippen LogP) is 3.36. The van der Waals surface area contributed by atoms with Gasteiger partial charge in [-0.05, 0) is 56.8 Å². The topological polar surface area (TPSA) is 53.0 Å². The van der Waals surface area contributed by atoms with E-state index in [1.807, 2.05) is 34.1 Å². The molecule has 2 aromatic carbocycles. The van der Waals surface area contributed by atoms with Gasteiger partial charge in [-0.3, -0.25) is 0 Å². The SMILES string of the molecule is Cc1c(C(=O)Oc2ccccc2)c(O)cc2c1N(C)CCC2N(C)C. The number of carbonyl (C=O) groups is 1. The Morgan fingerprint density at radius 1 is 1.28 bits per heavy atom. The number of phenolic OH excluding ortho intramolecular Hbond substituents is 1. The third-order valence-corrected chi connectivity index (χ3v) is 4.81. The maximum atomic E-state index is 12.7. The maximum absolute atomic E-state index is 12.7. The molecule has 0 spiro atoms. The molecule has 1 aliphatic rings. The van der Waals surface area contributed by atoms with Crippen molar-refractivity contribution in [2.75, 3.05) is 32.6 Å². The van der Waals surface area contributed by atoms with Crippen molar-refractivity contribution in [3.05, 3.63) is 53.1 Å². The third-order valence-electron chi connectivity index (χ3n) is 4.81. The van der Waals surface area contributed by atoms with Gasteiger partial charge in [0.1, 0.15) is 17.1 Å². The van der Waals surface area contributed by atoms with Crippen LogP contribution in [0.5, 0.6) is 11.5 Å². The average Bonchev–Trinajstić information content (AvgIpc) is 2.55. The third kappa shape index (κ3) is 3.20. The van der Waals surface area contributed by atoms with Crippen LogP contribution in [0.1, 0.15) is 33.9 Å². The summed E-state index contributed by atoms with van der Waals surface area (Å²) < 4.78 is 5.43. The van der Waals surface area contributed by atoms with Crippen molar-refractivity contribution in [1.29, 1.82) is 0 Å². The lowest BCUT2D eigenvalue weighted by molar-refractivity contribution is 0.0731. The van der Waals surface area contributed by atoms with Crippen LogP contribution in [0.25, 0.3) is 0 Å². The van der Waals surface area contributed by atoms with Gasteiger partial charge < -0.3 is 19.6 Å². The van der Waals surface area contributed by atoms with Gasteiger partial charge >= 0.3 is 5.97 Å². The van der Waals surface area contributed by atoms with Gasteiger partial charge in [-0.25, -0.2) is 4.79 Å². The van der Waals surface area contributed by atoms with E-state index in [1.54, 1.807) is 30.3 Å². The van der Waals surface area contributed by atoms with Gasteiger partial charge in [0.25, 0.3) is 0 Å². The number of ether oxygens (including phenoxy) is 1. The first-order valence-corrected chi connectivity index (χ1v) is 8.41. The highest BCUT2D eigenvalue weighted by Crippen LogP contribution is 2.42. The molecule has 132 valence electrons. The second-order valence-corrected chi connectivity index (χ2v) is 6.73. The number of fused-ring (bicyclic) bond motifs is 1. The number of esters is 1. The van der Waals surface area contributed by atoms with Crippen LogP contribution >= 0.6 is 0 Å². The maximum Gasteiger partial charge on any atom is 0.347 e. The molecule has 1 N–H and O–H groups in total. The van der Waals surface area contributed by atoms with Gasteiger partial charge in [-0.2, -0.15) is 0 Å². The van der Waals surface area contributed by atoms with E-state index in [2.05, 4.69) is 9.80 Å². The molecule has 2 aromatic rings. The highest BCUT2D eigenvalue weighted by Gasteiger charge is 2.31. The molecule has 3 rings (SSSR count). The molecule has 0 aliphatic carbocycles. The molecule has 0 amide bonds. The van der Waals surface area contributed by atoms with E-state index >= 15 is 0 Å². The molecule has 1 heterocycles. The van der Waals surface area contributed by atoms with Crippen LogP contribution in [-0.4, -0.2) is 43.7 Å². The fourth-order valence-corrected chi connectivity index (χ4v) is 3.60. The normalized spacial score (nSPS) is 16.7. The zero-order valence-corrected chi connectivity index (χ0v) is 15.1. The molecule has 1 unspecified atom stereocenters. The van der Waals surface area contributed by atoms with Crippen LogP contribution < -0.4 is 9.64 Å². The van der Waals surface area contributed by atoms with Crippen LogP contribution in [0.2, 0.25) is 0 Å². The van der Waals surface area contributed by atoms with E-state index in [0.717, 1.165) is 29.8 Å².